The fraction of sp³-hybridized carbons (Fsp3) is 0.522. The van der Waals surface area contributed by atoms with E-state index in [4.69, 9.17) is 4.74 Å². The lowest BCUT2D eigenvalue weighted by molar-refractivity contribution is -0.129. The molecule has 0 radical (unpaired) electrons. The number of thiophene rings is 1. The second kappa shape index (κ2) is 9.18. The first-order valence-corrected chi connectivity index (χ1v) is 11.1. The van der Waals surface area contributed by atoms with Crippen LogP contribution in [0.25, 0.3) is 0 Å². The third-order valence-electron chi connectivity index (χ3n) is 5.49. The Kier molecular flexibility index (Phi) is 6.85. The summed E-state index contributed by atoms with van der Waals surface area (Å²) in [5.41, 5.74) is 0.841. The summed E-state index contributed by atoms with van der Waals surface area (Å²) < 4.78 is 5.27. The molecule has 2 atom stereocenters. The van der Waals surface area contributed by atoms with Gasteiger partial charge < -0.3 is 15.0 Å². The second-order valence-corrected chi connectivity index (χ2v) is 9.67. The third kappa shape index (κ3) is 5.31. The van der Waals surface area contributed by atoms with Crippen LogP contribution in [0, 0.1) is 5.41 Å². The fourth-order valence-electron chi connectivity index (χ4n) is 3.76. The highest BCUT2D eigenvalue weighted by Crippen LogP contribution is 2.31. The molecule has 5 nitrogen and oxygen atoms in total. The summed E-state index contributed by atoms with van der Waals surface area (Å²) in [6, 6.07) is 12.8. The molecular weight excluding hydrogens is 382 g/mol. The van der Waals surface area contributed by atoms with Crippen LogP contribution in [0.4, 0.5) is 5.69 Å². The van der Waals surface area contributed by atoms with Gasteiger partial charge in [-0.2, -0.15) is 0 Å². The first-order chi connectivity index (χ1) is 13.8. The number of benzene rings is 1. The zero-order valence-electron chi connectivity index (χ0n) is 18.1. The molecule has 1 amide bonds. The molecule has 1 aromatic heterocycles. The number of ether oxygens (including phenoxy) is 1. The van der Waals surface area contributed by atoms with Crippen molar-refractivity contribution in [3.63, 3.8) is 0 Å². The van der Waals surface area contributed by atoms with E-state index in [2.05, 4.69) is 51.7 Å². The lowest BCUT2D eigenvalue weighted by Gasteiger charge is -2.42. The van der Waals surface area contributed by atoms with Crippen LogP contribution in [-0.4, -0.2) is 50.1 Å². The molecule has 1 aromatic carbocycles. The Morgan fingerprint density at radius 1 is 1.10 bits per heavy atom. The number of carbonyl (C=O) groups is 1. The van der Waals surface area contributed by atoms with Gasteiger partial charge in [-0.1, -0.05) is 26.8 Å². The molecule has 2 unspecified atom stereocenters. The van der Waals surface area contributed by atoms with Gasteiger partial charge >= 0.3 is 0 Å². The Labute approximate surface area is 178 Å². The van der Waals surface area contributed by atoms with E-state index in [9.17, 15) is 4.79 Å². The highest BCUT2D eigenvalue weighted by atomic mass is 32.1. The van der Waals surface area contributed by atoms with Gasteiger partial charge in [0, 0.05) is 48.2 Å². The third-order valence-corrected chi connectivity index (χ3v) is 6.44. The van der Waals surface area contributed by atoms with Crippen molar-refractivity contribution in [1.82, 2.24) is 10.2 Å². The van der Waals surface area contributed by atoms with Crippen molar-refractivity contribution in [2.75, 3.05) is 38.2 Å². The molecule has 0 spiro atoms. The van der Waals surface area contributed by atoms with Gasteiger partial charge in [-0.3, -0.25) is 9.69 Å². The quantitative estimate of drug-likeness (QED) is 0.769. The molecule has 158 valence electrons. The standard InChI is InChI=1S/C23H33N3O2S/c1-17(24-22(27)23(2,3)4)21(20-7-6-16-29-20)26-14-12-25(13-15-26)18-8-10-19(28-5)11-9-18/h6-11,16-17,21H,12-15H2,1-5H3,(H,24,27). The number of nitrogens with zero attached hydrogens (tertiary/aromatic N) is 2. The van der Waals surface area contributed by atoms with Crippen molar-refractivity contribution in [1.29, 1.82) is 0 Å². The molecule has 1 saturated heterocycles. The Bertz CT molecular complexity index is 775. The monoisotopic (exact) mass is 415 g/mol. The first kappa shape index (κ1) is 21.7. The summed E-state index contributed by atoms with van der Waals surface area (Å²) in [7, 11) is 1.69. The number of anilines is 1. The molecule has 2 aromatic rings. The van der Waals surface area contributed by atoms with Crippen LogP contribution in [0.1, 0.15) is 38.6 Å². The van der Waals surface area contributed by atoms with Crippen LogP contribution in [-0.2, 0) is 4.79 Å². The minimum Gasteiger partial charge on any atom is -0.497 e. The van der Waals surface area contributed by atoms with E-state index in [1.165, 1.54) is 10.6 Å². The maximum absolute atomic E-state index is 12.6. The number of hydrogen-bond donors (Lipinski definition) is 1. The Balaban J connectivity index is 1.69. The highest BCUT2D eigenvalue weighted by molar-refractivity contribution is 7.10. The van der Waals surface area contributed by atoms with E-state index in [1.807, 2.05) is 32.9 Å². The summed E-state index contributed by atoms with van der Waals surface area (Å²) in [6.45, 7) is 11.9. The average molecular weight is 416 g/mol. The van der Waals surface area contributed by atoms with E-state index >= 15 is 0 Å². The number of rotatable bonds is 6. The Morgan fingerprint density at radius 3 is 2.28 bits per heavy atom. The van der Waals surface area contributed by atoms with Gasteiger partial charge in [0.15, 0.2) is 0 Å². The molecule has 3 rings (SSSR count). The van der Waals surface area contributed by atoms with E-state index in [0.717, 1.165) is 31.9 Å². The van der Waals surface area contributed by atoms with E-state index in [0.29, 0.717) is 0 Å². The minimum atomic E-state index is -0.388. The minimum absolute atomic E-state index is 0.0490. The van der Waals surface area contributed by atoms with E-state index < -0.39 is 0 Å². The molecular formula is C23H33N3O2S. The first-order valence-electron chi connectivity index (χ1n) is 10.3. The van der Waals surface area contributed by atoms with Crippen LogP contribution in [0.15, 0.2) is 41.8 Å². The smallest absolute Gasteiger partial charge is 0.225 e. The largest absolute Gasteiger partial charge is 0.497 e. The lowest BCUT2D eigenvalue weighted by Crippen LogP contribution is -2.53. The number of methoxy groups -OCH3 is 1. The summed E-state index contributed by atoms with van der Waals surface area (Å²) in [4.78, 5) is 18.8. The van der Waals surface area contributed by atoms with Gasteiger partial charge in [-0.05, 0) is 42.6 Å². The number of amides is 1. The predicted octanol–water partition coefficient (Wildman–Crippen LogP) is 4.17. The maximum Gasteiger partial charge on any atom is 0.225 e. The number of hydrogen-bond acceptors (Lipinski definition) is 5. The molecule has 2 heterocycles. The number of piperazine rings is 1. The number of nitrogens with one attached hydrogen (secondary N) is 1. The maximum atomic E-state index is 12.6. The molecule has 29 heavy (non-hydrogen) atoms. The van der Waals surface area contributed by atoms with Gasteiger partial charge in [0.2, 0.25) is 5.91 Å². The zero-order valence-corrected chi connectivity index (χ0v) is 19.0. The normalized spacial score (nSPS) is 17.6. The zero-order chi connectivity index (χ0) is 21.0. The molecule has 1 aliphatic heterocycles. The molecule has 6 heteroatoms. The molecule has 1 N–H and O–H groups in total. The second-order valence-electron chi connectivity index (χ2n) is 8.69. The average Bonchev–Trinajstić information content (AvgIpc) is 3.22. The van der Waals surface area contributed by atoms with Crippen LogP contribution < -0.4 is 15.0 Å². The van der Waals surface area contributed by atoms with Crippen molar-refractivity contribution in [3.05, 3.63) is 46.7 Å². The van der Waals surface area contributed by atoms with Crippen LogP contribution in [0.5, 0.6) is 5.75 Å². The SMILES string of the molecule is COc1ccc(N2CCN(C(c3cccs3)C(C)NC(=O)C(C)(C)C)CC2)cc1. The van der Waals surface area contributed by atoms with Crippen molar-refractivity contribution in [3.8, 4) is 5.75 Å². The Morgan fingerprint density at radius 2 is 1.76 bits per heavy atom. The summed E-state index contributed by atoms with van der Waals surface area (Å²) in [5, 5.41) is 5.38. The lowest BCUT2D eigenvalue weighted by atomic mass is 9.94. The van der Waals surface area contributed by atoms with Gasteiger partial charge in [0.1, 0.15) is 5.75 Å². The summed E-state index contributed by atoms with van der Waals surface area (Å²) in [5.74, 6) is 0.983. The van der Waals surface area contributed by atoms with Crippen molar-refractivity contribution in [2.24, 2.45) is 5.41 Å². The van der Waals surface area contributed by atoms with E-state index in [1.54, 1.807) is 18.4 Å². The Hall–Kier alpha value is -2.05. The summed E-state index contributed by atoms with van der Waals surface area (Å²) in [6.07, 6.45) is 0. The van der Waals surface area contributed by atoms with Gasteiger partial charge in [-0.25, -0.2) is 0 Å². The molecule has 1 aliphatic rings. The molecule has 0 bridgehead atoms. The topological polar surface area (TPSA) is 44.8 Å². The fourth-order valence-corrected chi connectivity index (χ4v) is 4.72. The van der Waals surface area contributed by atoms with Gasteiger partial charge in [0.05, 0.1) is 13.2 Å². The van der Waals surface area contributed by atoms with Crippen molar-refractivity contribution >= 4 is 22.9 Å². The van der Waals surface area contributed by atoms with Crippen LogP contribution in [0.2, 0.25) is 0 Å². The molecule has 0 aliphatic carbocycles. The van der Waals surface area contributed by atoms with Crippen molar-refractivity contribution in [2.45, 2.75) is 39.8 Å². The molecule has 0 saturated carbocycles. The molecule has 1 fully saturated rings. The highest BCUT2D eigenvalue weighted by Gasteiger charge is 2.32. The van der Waals surface area contributed by atoms with Crippen LogP contribution >= 0.6 is 11.3 Å². The summed E-state index contributed by atoms with van der Waals surface area (Å²) >= 11 is 1.77. The van der Waals surface area contributed by atoms with Gasteiger partial charge in [0.25, 0.3) is 0 Å². The van der Waals surface area contributed by atoms with Gasteiger partial charge in [-0.15, -0.1) is 11.3 Å². The predicted molar refractivity (Wildman–Crippen MR) is 121 cm³/mol. The van der Waals surface area contributed by atoms with Crippen molar-refractivity contribution < 1.29 is 9.53 Å². The number of carbonyl (C=O) groups excluding carboxylic acids is 1. The van der Waals surface area contributed by atoms with Crippen LogP contribution in [0.3, 0.4) is 0 Å². The van der Waals surface area contributed by atoms with E-state index in [-0.39, 0.29) is 23.4 Å².